The van der Waals surface area contributed by atoms with Crippen LogP contribution in [0.15, 0.2) is 52.9 Å². The number of hydrogen-bond donors (Lipinski definition) is 0. The van der Waals surface area contributed by atoms with Gasteiger partial charge in [0.1, 0.15) is 5.82 Å². The summed E-state index contributed by atoms with van der Waals surface area (Å²) >= 11 is 0. The molecule has 0 spiro atoms. The van der Waals surface area contributed by atoms with E-state index in [1.54, 1.807) is 25.1 Å². The van der Waals surface area contributed by atoms with Crippen LogP contribution in [0.5, 0.6) is 0 Å². The summed E-state index contributed by atoms with van der Waals surface area (Å²) in [6.07, 6.45) is -0.558. The lowest BCUT2D eigenvalue weighted by Gasteiger charge is -2.09. The highest BCUT2D eigenvalue weighted by Crippen LogP contribution is 2.24. The minimum atomic E-state index is -0.785. The van der Waals surface area contributed by atoms with Gasteiger partial charge in [-0.2, -0.15) is 0 Å². The Morgan fingerprint density at radius 3 is 2.61 bits per heavy atom. The Morgan fingerprint density at radius 1 is 1.21 bits per heavy atom. The Labute approximate surface area is 159 Å². The van der Waals surface area contributed by atoms with E-state index in [1.807, 2.05) is 0 Å². The van der Waals surface area contributed by atoms with Gasteiger partial charge in [0, 0.05) is 24.1 Å². The number of rotatable bonds is 7. The summed E-state index contributed by atoms with van der Waals surface area (Å²) in [5.74, 6) is -0.648. The fraction of sp³-hybridized carbons (Fsp3) is 0.211. The maximum atomic E-state index is 13.6. The van der Waals surface area contributed by atoms with E-state index in [-0.39, 0.29) is 36.1 Å². The van der Waals surface area contributed by atoms with E-state index in [0.29, 0.717) is 11.1 Å². The monoisotopic (exact) mass is 385 g/mol. The number of carbonyl (C=O) groups is 1. The van der Waals surface area contributed by atoms with Gasteiger partial charge in [0.05, 0.1) is 4.92 Å². The van der Waals surface area contributed by atoms with E-state index >= 15 is 0 Å². The molecule has 9 heteroatoms. The van der Waals surface area contributed by atoms with Crippen LogP contribution in [-0.4, -0.2) is 21.1 Å². The third-order valence-electron chi connectivity index (χ3n) is 3.98. The summed E-state index contributed by atoms with van der Waals surface area (Å²) < 4.78 is 24.3. The quantitative estimate of drug-likeness (QED) is 0.343. The van der Waals surface area contributed by atoms with Crippen LogP contribution < -0.4 is 0 Å². The highest BCUT2D eigenvalue weighted by atomic mass is 19.1. The second kappa shape index (κ2) is 8.38. The van der Waals surface area contributed by atoms with E-state index in [4.69, 9.17) is 9.15 Å². The molecule has 0 aliphatic carbocycles. The second-order valence-corrected chi connectivity index (χ2v) is 5.97. The minimum absolute atomic E-state index is 0.00855. The normalized spacial score (nSPS) is 11.8. The Morgan fingerprint density at radius 2 is 1.93 bits per heavy atom. The number of esters is 1. The molecule has 0 radical (unpaired) electrons. The molecule has 8 nitrogen and oxygen atoms in total. The highest BCUT2D eigenvalue weighted by Gasteiger charge is 2.19. The number of aryl methyl sites for hydroxylation is 1. The minimum Gasteiger partial charge on any atom is -0.453 e. The largest absolute Gasteiger partial charge is 0.453 e. The van der Waals surface area contributed by atoms with E-state index in [9.17, 15) is 19.3 Å². The van der Waals surface area contributed by atoms with Crippen LogP contribution in [0.3, 0.4) is 0 Å². The van der Waals surface area contributed by atoms with Crippen LogP contribution in [0.25, 0.3) is 11.5 Å². The van der Waals surface area contributed by atoms with Crippen LogP contribution in [0, 0.1) is 15.9 Å². The lowest BCUT2D eigenvalue weighted by Crippen LogP contribution is -2.10. The Balaban J connectivity index is 1.59. The summed E-state index contributed by atoms with van der Waals surface area (Å²) in [6, 6.07) is 11.8. The third-order valence-corrected chi connectivity index (χ3v) is 3.98. The molecule has 0 fully saturated rings. The van der Waals surface area contributed by atoms with Gasteiger partial charge < -0.3 is 9.15 Å². The SMILES string of the molecule is CC(OC(=O)CCc1ccccc1F)c1nnc(-c2ccc([N+](=O)[O-])cc2)o1. The average molecular weight is 385 g/mol. The summed E-state index contributed by atoms with van der Waals surface area (Å²) in [7, 11) is 0. The number of nitro groups is 1. The topological polar surface area (TPSA) is 108 Å². The van der Waals surface area contributed by atoms with E-state index in [0.717, 1.165) is 0 Å². The van der Waals surface area contributed by atoms with Crippen LogP contribution in [0.1, 0.15) is 30.9 Å². The molecule has 144 valence electrons. The summed E-state index contributed by atoms with van der Waals surface area (Å²) in [5, 5.41) is 18.4. The molecule has 1 atom stereocenters. The number of hydrogen-bond acceptors (Lipinski definition) is 7. The first-order valence-electron chi connectivity index (χ1n) is 8.45. The number of benzene rings is 2. The zero-order chi connectivity index (χ0) is 20.1. The smallest absolute Gasteiger partial charge is 0.306 e. The molecule has 2 aromatic carbocycles. The highest BCUT2D eigenvalue weighted by molar-refractivity contribution is 5.70. The summed E-state index contributed by atoms with van der Waals surface area (Å²) in [4.78, 5) is 22.2. The molecule has 3 aromatic rings. The van der Waals surface area contributed by atoms with Gasteiger partial charge in [-0.15, -0.1) is 10.2 Å². The van der Waals surface area contributed by atoms with Crippen molar-refractivity contribution in [3.63, 3.8) is 0 Å². The Hall–Kier alpha value is -3.62. The molecular weight excluding hydrogens is 369 g/mol. The van der Waals surface area contributed by atoms with Crippen molar-refractivity contribution in [2.24, 2.45) is 0 Å². The molecule has 0 saturated carbocycles. The van der Waals surface area contributed by atoms with Gasteiger partial charge in [0.2, 0.25) is 5.89 Å². The van der Waals surface area contributed by atoms with Crippen molar-refractivity contribution in [1.29, 1.82) is 0 Å². The van der Waals surface area contributed by atoms with Crippen molar-refractivity contribution in [2.45, 2.75) is 25.9 Å². The molecule has 0 saturated heterocycles. The van der Waals surface area contributed by atoms with Crippen molar-refractivity contribution in [3.8, 4) is 11.5 Å². The fourth-order valence-corrected chi connectivity index (χ4v) is 2.49. The number of nitrogens with zero attached hydrogens (tertiary/aromatic N) is 3. The molecule has 1 heterocycles. The van der Waals surface area contributed by atoms with Gasteiger partial charge in [0.15, 0.2) is 6.10 Å². The van der Waals surface area contributed by atoms with E-state index < -0.39 is 17.0 Å². The molecule has 0 bridgehead atoms. The van der Waals surface area contributed by atoms with E-state index in [2.05, 4.69) is 10.2 Å². The predicted octanol–water partition coefficient (Wildman–Crippen LogP) is 4.02. The molecule has 0 aliphatic heterocycles. The van der Waals surface area contributed by atoms with Crippen molar-refractivity contribution >= 4 is 11.7 Å². The second-order valence-electron chi connectivity index (χ2n) is 5.97. The van der Waals surface area contributed by atoms with E-state index in [1.165, 1.54) is 30.3 Å². The molecule has 0 aliphatic rings. The van der Waals surface area contributed by atoms with Gasteiger partial charge >= 0.3 is 5.97 Å². The number of ether oxygens (including phenoxy) is 1. The third kappa shape index (κ3) is 4.56. The molecule has 28 heavy (non-hydrogen) atoms. The number of non-ortho nitro benzene ring substituents is 1. The molecule has 1 unspecified atom stereocenters. The van der Waals surface area contributed by atoms with Crippen molar-refractivity contribution < 1.29 is 23.3 Å². The van der Waals surface area contributed by atoms with Gasteiger partial charge in [-0.25, -0.2) is 4.39 Å². The zero-order valence-electron chi connectivity index (χ0n) is 14.9. The summed E-state index contributed by atoms with van der Waals surface area (Å²) in [5.41, 5.74) is 0.883. The van der Waals surface area contributed by atoms with Crippen LogP contribution >= 0.6 is 0 Å². The molecule has 0 amide bonds. The number of halogens is 1. The van der Waals surface area contributed by atoms with Gasteiger partial charge in [0.25, 0.3) is 11.6 Å². The number of aromatic nitrogens is 2. The molecular formula is C19H16FN3O5. The fourth-order valence-electron chi connectivity index (χ4n) is 2.49. The number of nitro benzene ring substituents is 1. The Bertz CT molecular complexity index is 987. The first-order chi connectivity index (χ1) is 13.4. The lowest BCUT2D eigenvalue weighted by molar-refractivity contribution is -0.384. The standard InChI is InChI=1S/C19H16FN3O5/c1-12(27-17(24)11-8-13-4-2-3-5-16(13)20)18-21-22-19(28-18)14-6-9-15(10-7-14)23(25)26/h2-7,9-10,12H,8,11H2,1H3. The maximum absolute atomic E-state index is 13.6. The van der Waals surface area contributed by atoms with Gasteiger partial charge in [-0.3, -0.25) is 14.9 Å². The van der Waals surface area contributed by atoms with Gasteiger partial charge in [-0.1, -0.05) is 18.2 Å². The first kappa shape index (κ1) is 19.2. The van der Waals surface area contributed by atoms with Crippen molar-refractivity contribution in [3.05, 3.63) is 75.9 Å². The first-order valence-corrected chi connectivity index (χ1v) is 8.45. The predicted molar refractivity (Wildman–Crippen MR) is 95.6 cm³/mol. The summed E-state index contributed by atoms with van der Waals surface area (Å²) in [6.45, 7) is 1.58. The molecule has 3 rings (SSSR count). The van der Waals surface area contributed by atoms with Crippen molar-refractivity contribution in [1.82, 2.24) is 10.2 Å². The molecule has 0 N–H and O–H groups in total. The van der Waals surface area contributed by atoms with Crippen LogP contribution in [0.4, 0.5) is 10.1 Å². The zero-order valence-corrected chi connectivity index (χ0v) is 14.9. The average Bonchev–Trinajstić information content (AvgIpc) is 3.18. The van der Waals surface area contributed by atoms with Gasteiger partial charge in [-0.05, 0) is 37.1 Å². The maximum Gasteiger partial charge on any atom is 0.306 e. The molecule has 1 aromatic heterocycles. The van der Waals surface area contributed by atoms with Crippen LogP contribution in [0.2, 0.25) is 0 Å². The lowest BCUT2D eigenvalue weighted by atomic mass is 10.1. The van der Waals surface area contributed by atoms with Crippen molar-refractivity contribution in [2.75, 3.05) is 0 Å². The van der Waals surface area contributed by atoms with Crippen LogP contribution in [-0.2, 0) is 16.0 Å². The number of carbonyl (C=O) groups excluding carboxylic acids is 1. The Kier molecular flexibility index (Phi) is 5.73.